The fourth-order valence-electron chi connectivity index (χ4n) is 3.01. The standard InChI is InChI=1S/C17H22N6O2/c1-2-23-11-13(10-19-23)12-6-8-22(9-7-12)17(25)21-15-5-3-4-14(20-15)16(18)24/h3-5,10-12H,2,6-9H2,1H3,(H2,18,24)(H,20,21,25). The van der Waals surface area contributed by atoms with Crippen LogP contribution in [0.5, 0.6) is 0 Å². The third-order valence-electron chi connectivity index (χ3n) is 4.47. The smallest absolute Gasteiger partial charge is 0.323 e. The van der Waals surface area contributed by atoms with Crippen molar-refractivity contribution in [3.05, 3.63) is 41.9 Å². The van der Waals surface area contributed by atoms with Crippen molar-refractivity contribution in [3.63, 3.8) is 0 Å². The van der Waals surface area contributed by atoms with E-state index in [1.807, 2.05) is 10.9 Å². The van der Waals surface area contributed by atoms with Crippen molar-refractivity contribution in [1.29, 1.82) is 0 Å². The van der Waals surface area contributed by atoms with Crippen LogP contribution in [0.25, 0.3) is 0 Å². The highest BCUT2D eigenvalue weighted by atomic mass is 16.2. The lowest BCUT2D eigenvalue weighted by molar-refractivity contribution is 0.0995. The van der Waals surface area contributed by atoms with Gasteiger partial charge in [-0.15, -0.1) is 0 Å². The van der Waals surface area contributed by atoms with Crippen LogP contribution in [0.3, 0.4) is 0 Å². The fraction of sp³-hybridized carbons (Fsp3) is 0.412. The number of anilines is 1. The van der Waals surface area contributed by atoms with Gasteiger partial charge in [-0.1, -0.05) is 6.07 Å². The highest BCUT2D eigenvalue weighted by Crippen LogP contribution is 2.27. The van der Waals surface area contributed by atoms with Gasteiger partial charge in [0.15, 0.2) is 0 Å². The number of carbonyl (C=O) groups is 2. The molecule has 3 N–H and O–H groups in total. The van der Waals surface area contributed by atoms with E-state index in [-0.39, 0.29) is 11.7 Å². The van der Waals surface area contributed by atoms with Gasteiger partial charge in [0, 0.05) is 25.8 Å². The number of urea groups is 1. The minimum absolute atomic E-state index is 0.129. The molecule has 25 heavy (non-hydrogen) atoms. The minimum Gasteiger partial charge on any atom is -0.364 e. The Morgan fingerprint density at radius 1 is 1.32 bits per heavy atom. The van der Waals surface area contributed by atoms with Crippen LogP contribution in [-0.2, 0) is 6.54 Å². The normalized spacial score (nSPS) is 15.2. The zero-order valence-electron chi connectivity index (χ0n) is 14.2. The monoisotopic (exact) mass is 342 g/mol. The molecular weight excluding hydrogens is 320 g/mol. The summed E-state index contributed by atoms with van der Waals surface area (Å²) in [5.41, 5.74) is 6.57. The fourth-order valence-corrected chi connectivity index (χ4v) is 3.01. The van der Waals surface area contributed by atoms with Crippen molar-refractivity contribution in [2.75, 3.05) is 18.4 Å². The van der Waals surface area contributed by atoms with Gasteiger partial charge in [-0.05, 0) is 43.4 Å². The van der Waals surface area contributed by atoms with E-state index in [2.05, 4.69) is 28.5 Å². The lowest BCUT2D eigenvalue weighted by Crippen LogP contribution is -2.40. The Kier molecular flexibility index (Phi) is 4.97. The Bertz CT molecular complexity index is 764. The van der Waals surface area contributed by atoms with E-state index in [4.69, 9.17) is 5.73 Å². The molecule has 0 saturated carbocycles. The van der Waals surface area contributed by atoms with Crippen LogP contribution in [0, 0.1) is 0 Å². The lowest BCUT2D eigenvalue weighted by atomic mass is 9.92. The molecular formula is C17H22N6O2. The molecule has 1 fully saturated rings. The number of nitrogens with zero attached hydrogens (tertiary/aromatic N) is 4. The number of hydrogen-bond donors (Lipinski definition) is 2. The molecule has 8 heteroatoms. The van der Waals surface area contributed by atoms with Gasteiger partial charge >= 0.3 is 6.03 Å². The average Bonchev–Trinajstić information content (AvgIpc) is 3.11. The number of likely N-dealkylation sites (tertiary alicyclic amines) is 1. The van der Waals surface area contributed by atoms with E-state index in [1.165, 1.54) is 11.6 Å². The first-order valence-electron chi connectivity index (χ1n) is 8.42. The molecule has 2 aromatic rings. The lowest BCUT2D eigenvalue weighted by Gasteiger charge is -2.31. The molecule has 0 aromatic carbocycles. The number of pyridine rings is 1. The van der Waals surface area contributed by atoms with Gasteiger partial charge in [0.2, 0.25) is 0 Å². The van der Waals surface area contributed by atoms with Gasteiger partial charge < -0.3 is 10.6 Å². The van der Waals surface area contributed by atoms with Gasteiger partial charge in [-0.3, -0.25) is 14.8 Å². The van der Waals surface area contributed by atoms with Gasteiger partial charge in [0.25, 0.3) is 5.91 Å². The second-order valence-electron chi connectivity index (χ2n) is 6.09. The van der Waals surface area contributed by atoms with Gasteiger partial charge in [-0.25, -0.2) is 9.78 Å². The predicted octanol–water partition coefficient (Wildman–Crippen LogP) is 1.81. The molecule has 1 saturated heterocycles. The number of rotatable bonds is 4. The number of aromatic nitrogens is 3. The Balaban J connectivity index is 1.56. The average molecular weight is 342 g/mol. The summed E-state index contributed by atoms with van der Waals surface area (Å²) in [5, 5.41) is 7.05. The summed E-state index contributed by atoms with van der Waals surface area (Å²) >= 11 is 0. The van der Waals surface area contributed by atoms with Gasteiger partial charge in [0.1, 0.15) is 11.5 Å². The predicted molar refractivity (Wildman–Crippen MR) is 93.2 cm³/mol. The number of aryl methyl sites for hydroxylation is 1. The molecule has 132 valence electrons. The molecule has 2 aromatic heterocycles. The SMILES string of the molecule is CCn1cc(C2CCN(C(=O)Nc3cccc(C(N)=O)n3)CC2)cn1. The van der Waals surface area contributed by atoms with Crippen molar-refractivity contribution in [1.82, 2.24) is 19.7 Å². The topological polar surface area (TPSA) is 106 Å². The Morgan fingerprint density at radius 3 is 2.72 bits per heavy atom. The Hall–Kier alpha value is -2.90. The number of primary amides is 1. The Morgan fingerprint density at radius 2 is 2.08 bits per heavy atom. The number of piperidine rings is 1. The molecule has 3 amide bonds. The highest BCUT2D eigenvalue weighted by Gasteiger charge is 2.25. The molecule has 1 aliphatic rings. The summed E-state index contributed by atoms with van der Waals surface area (Å²) in [5.74, 6) is 0.137. The molecule has 0 bridgehead atoms. The first kappa shape index (κ1) is 16.9. The van der Waals surface area contributed by atoms with Crippen molar-refractivity contribution in [2.45, 2.75) is 32.2 Å². The third-order valence-corrected chi connectivity index (χ3v) is 4.47. The molecule has 0 radical (unpaired) electrons. The van der Waals surface area contributed by atoms with Crippen LogP contribution in [0.2, 0.25) is 0 Å². The summed E-state index contributed by atoms with van der Waals surface area (Å²) < 4.78 is 1.92. The minimum atomic E-state index is -0.621. The number of nitrogens with one attached hydrogen (secondary N) is 1. The van der Waals surface area contributed by atoms with Gasteiger partial charge in [0.05, 0.1) is 6.20 Å². The molecule has 0 atom stereocenters. The van der Waals surface area contributed by atoms with Crippen molar-refractivity contribution in [2.24, 2.45) is 5.73 Å². The van der Waals surface area contributed by atoms with E-state index in [0.29, 0.717) is 24.8 Å². The molecule has 0 unspecified atom stereocenters. The second kappa shape index (κ2) is 7.33. The van der Waals surface area contributed by atoms with Crippen LogP contribution in [-0.4, -0.2) is 44.7 Å². The molecule has 3 rings (SSSR count). The second-order valence-corrected chi connectivity index (χ2v) is 6.09. The maximum atomic E-state index is 12.4. The molecule has 3 heterocycles. The van der Waals surface area contributed by atoms with Crippen molar-refractivity contribution < 1.29 is 9.59 Å². The summed E-state index contributed by atoms with van der Waals surface area (Å²) in [6, 6.07) is 4.58. The summed E-state index contributed by atoms with van der Waals surface area (Å²) in [6.45, 7) is 4.26. The number of hydrogen-bond acceptors (Lipinski definition) is 4. The molecule has 0 spiro atoms. The quantitative estimate of drug-likeness (QED) is 0.883. The molecule has 0 aliphatic carbocycles. The zero-order chi connectivity index (χ0) is 17.8. The van der Waals surface area contributed by atoms with Crippen molar-refractivity contribution >= 4 is 17.8 Å². The zero-order valence-corrected chi connectivity index (χ0v) is 14.2. The van der Waals surface area contributed by atoms with E-state index in [9.17, 15) is 9.59 Å². The van der Waals surface area contributed by atoms with Crippen LogP contribution in [0.15, 0.2) is 30.6 Å². The Labute approximate surface area is 146 Å². The van der Waals surface area contributed by atoms with E-state index in [1.54, 1.807) is 17.0 Å². The maximum absolute atomic E-state index is 12.4. The molecule has 8 nitrogen and oxygen atoms in total. The number of nitrogens with two attached hydrogens (primary N) is 1. The van der Waals surface area contributed by atoms with Crippen LogP contribution >= 0.6 is 0 Å². The van der Waals surface area contributed by atoms with E-state index >= 15 is 0 Å². The summed E-state index contributed by atoms with van der Waals surface area (Å²) in [4.78, 5) is 29.3. The van der Waals surface area contributed by atoms with Crippen molar-refractivity contribution in [3.8, 4) is 0 Å². The van der Waals surface area contributed by atoms with Crippen LogP contribution < -0.4 is 11.1 Å². The van der Waals surface area contributed by atoms with Crippen LogP contribution in [0.4, 0.5) is 10.6 Å². The number of carbonyl (C=O) groups excluding carboxylic acids is 2. The van der Waals surface area contributed by atoms with Gasteiger partial charge in [-0.2, -0.15) is 5.10 Å². The molecule has 1 aliphatic heterocycles. The highest BCUT2D eigenvalue weighted by molar-refractivity contribution is 5.92. The summed E-state index contributed by atoms with van der Waals surface area (Å²) in [6.07, 6.45) is 5.80. The third kappa shape index (κ3) is 3.96. The van der Waals surface area contributed by atoms with Crippen LogP contribution in [0.1, 0.15) is 41.7 Å². The van der Waals surface area contributed by atoms with E-state index < -0.39 is 5.91 Å². The number of amides is 3. The van der Waals surface area contributed by atoms with E-state index in [0.717, 1.165) is 19.4 Å². The summed E-state index contributed by atoms with van der Waals surface area (Å²) in [7, 11) is 0. The maximum Gasteiger partial charge on any atom is 0.323 e. The first-order chi connectivity index (χ1) is 12.1. The first-order valence-corrected chi connectivity index (χ1v) is 8.42. The largest absolute Gasteiger partial charge is 0.364 e.